The van der Waals surface area contributed by atoms with Crippen molar-refractivity contribution in [2.75, 3.05) is 13.2 Å². The van der Waals surface area contributed by atoms with Gasteiger partial charge in [0.15, 0.2) is 12.3 Å². The number of ether oxygens (including phenoxy) is 3. The third-order valence-corrected chi connectivity index (χ3v) is 4.68. The fraction of sp³-hybridized carbons (Fsp3) is 0.115. The van der Waals surface area contributed by atoms with Crippen molar-refractivity contribution < 1.29 is 23.8 Å². The molecule has 0 radical (unpaired) electrons. The Labute approximate surface area is 185 Å². The first kappa shape index (κ1) is 21.1. The van der Waals surface area contributed by atoms with Crippen molar-refractivity contribution in [1.29, 1.82) is 0 Å². The fourth-order valence-electron chi connectivity index (χ4n) is 3.17. The van der Waals surface area contributed by atoms with Crippen LogP contribution in [-0.2, 0) is 19.1 Å². The van der Waals surface area contributed by atoms with Crippen molar-refractivity contribution in [3.05, 3.63) is 95.7 Å². The van der Waals surface area contributed by atoms with Gasteiger partial charge in [-0.1, -0.05) is 54.6 Å². The summed E-state index contributed by atoms with van der Waals surface area (Å²) in [6, 6.07) is 24.7. The van der Waals surface area contributed by atoms with Gasteiger partial charge in [-0.05, 0) is 54.0 Å². The lowest BCUT2D eigenvalue weighted by atomic mass is 10.0. The molecule has 0 fully saturated rings. The molecule has 3 aromatic carbocycles. The first-order chi connectivity index (χ1) is 15.6. The first-order valence-corrected chi connectivity index (χ1v) is 10.2. The molecule has 0 spiro atoms. The Kier molecular flexibility index (Phi) is 6.41. The van der Waals surface area contributed by atoms with Crippen molar-refractivity contribution in [1.82, 2.24) is 0 Å². The highest BCUT2D eigenvalue weighted by Crippen LogP contribution is 2.24. The van der Waals surface area contributed by atoms with Crippen LogP contribution in [0.3, 0.4) is 0 Å². The van der Waals surface area contributed by atoms with E-state index in [1.807, 2.05) is 54.6 Å². The molecule has 0 bridgehead atoms. The second kappa shape index (κ2) is 9.75. The van der Waals surface area contributed by atoms with E-state index in [2.05, 4.69) is 4.99 Å². The smallest absolute Gasteiger partial charge is 0.363 e. The predicted molar refractivity (Wildman–Crippen MR) is 121 cm³/mol. The van der Waals surface area contributed by atoms with Crippen molar-refractivity contribution in [3.8, 4) is 16.9 Å². The third kappa shape index (κ3) is 5.10. The van der Waals surface area contributed by atoms with Crippen LogP contribution in [0.15, 0.2) is 89.6 Å². The Bertz CT molecular complexity index is 1180. The molecule has 0 aliphatic carbocycles. The van der Waals surface area contributed by atoms with Crippen LogP contribution in [0, 0.1) is 0 Å². The number of benzene rings is 3. The highest BCUT2D eigenvalue weighted by atomic mass is 16.6. The van der Waals surface area contributed by atoms with E-state index in [1.54, 1.807) is 37.3 Å². The highest BCUT2D eigenvalue weighted by Gasteiger charge is 2.24. The largest absolute Gasteiger partial charge is 0.482 e. The summed E-state index contributed by atoms with van der Waals surface area (Å²) in [5.74, 6) is -0.219. The van der Waals surface area contributed by atoms with Crippen molar-refractivity contribution in [3.63, 3.8) is 0 Å². The summed E-state index contributed by atoms with van der Waals surface area (Å²) >= 11 is 0. The Morgan fingerprint density at radius 3 is 2.41 bits per heavy atom. The second-order valence-corrected chi connectivity index (χ2v) is 6.95. The Balaban J connectivity index is 1.49. The zero-order valence-corrected chi connectivity index (χ0v) is 17.5. The summed E-state index contributed by atoms with van der Waals surface area (Å²) in [5, 5.41) is 0. The van der Waals surface area contributed by atoms with Gasteiger partial charge in [0, 0.05) is 5.56 Å². The molecule has 1 aliphatic heterocycles. The van der Waals surface area contributed by atoms with E-state index < -0.39 is 11.9 Å². The monoisotopic (exact) mass is 427 g/mol. The molecule has 32 heavy (non-hydrogen) atoms. The molecule has 0 amide bonds. The van der Waals surface area contributed by atoms with Gasteiger partial charge in [0.05, 0.1) is 6.61 Å². The average Bonchev–Trinajstić information content (AvgIpc) is 3.19. The summed E-state index contributed by atoms with van der Waals surface area (Å²) in [7, 11) is 0. The molecule has 0 atom stereocenters. The van der Waals surface area contributed by atoms with Crippen LogP contribution in [0.4, 0.5) is 0 Å². The summed E-state index contributed by atoms with van der Waals surface area (Å²) in [5.41, 5.74) is 3.77. The maximum Gasteiger partial charge on any atom is 0.363 e. The minimum atomic E-state index is -0.523. The number of nitrogens with zero attached hydrogens (tertiary/aromatic N) is 1. The van der Waals surface area contributed by atoms with Crippen molar-refractivity contribution in [2.45, 2.75) is 6.92 Å². The maximum absolute atomic E-state index is 12.3. The fourth-order valence-corrected chi connectivity index (χ4v) is 3.17. The van der Waals surface area contributed by atoms with Crippen LogP contribution in [0.1, 0.15) is 18.1 Å². The van der Waals surface area contributed by atoms with Gasteiger partial charge in [0.1, 0.15) is 5.75 Å². The van der Waals surface area contributed by atoms with Crippen LogP contribution < -0.4 is 4.74 Å². The molecule has 6 nitrogen and oxygen atoms in total. The van der Waals surface area contributed by atoms with Crippen molar-refractivity contribution >= 4 is 23.9 Å². The summed E-state index contributed by atoms with van der Waals surface area (Å²) < 4.78 is 15.6. The Hall–Kier alpha value is -4.19. The zero-order valence-electron chi connectivity index (χ0n) is 17.5. The van der Waals surface area contributed by atoms with Gasteiger partial charge < -0.3 is 14.2 Å². The van der Waals surface area contributed by atoms with Crippen molar-refractivity contribution in [2.24, 2.45) is 4.99 Å². The van der Waals surface area contributed by atoms with Gasteiger partial charge in [-0.2, -0.15) is 0 Å². The molecule has 0 unspecified atom stereocenters. The molecule has 3 aromatic rings. The average molecular weight is 427 g/mol. The lowest BCUT2D eigenvalue weighted by Crippen LogP contribution is -2.14. The Morgan fingerprint density at radius 1 is 0.938 bits per heavy atom. The van der Waals surface area contributed by atoms with Crippen LogP contribution in [0.5, 0.6) is 5.75 Å². The van der Waals surface area contributed by atoms with Crippen LogP contribution in [-0.4, -0.2) is 31.1 Å². The van der Waals surface area contributed by atoms with Gasteiger partial charge >= 0.3 is 11.9 Å². The number of carbonyl (C=O) groups is 2. The van der Waals surface area contributed by atoms with Crippen LogP contribution >= 0.6 is 0 Å². The summed E-state index contributed by atoms with van der Waals surface area (Å²) in [6.45, 7) is 1.85. The highest BCUT2D eigenvalue weighted by molar-refractivity contribution is 6.13. The van der Waals surface area contributed by atoms with Crippen LogP contribution in [0.25, 0.3) is 17.2 Å². The molecule has 0 aromatic heterocycles. The number of hydrogen-bond donors (Lipinski definition) is 0. The van der Waals surface area contributed by atoms with Gasteiger partial charge in [-0.3, -0.25) is 0 Å². The maximum atomic E-state index is 12.3. The standard InChI is InChI=1S/C26H21NO5/c1-2-30-24(28)17-31-22-10-6-7-18(15-22)16-23-26(29)32-25(27-23)21-13-11-20(12-14-21)19-8-4-3-5-9-19/h3-16H,2,17H2,1H3/b23-16-. The van der Waals surface area contributed by atoms with E-state index in [-0.39, 0.29) is 18.2 Å². The normalized spacial score (nSPS) is 14.1. The molecular formula is C26H21NO5. The molecule has 4 rings (SSSR count). The number of cyclic esters (lactones) is 1. The molecule has 6 heteroatoms. The van der Waals surface area contributed by atoms with Crippen LogP contribution in [0.2, 0.25) is 0 Å². The van der Waals surface area contributed by atoms with Gasteiger partial charge in [0.25, 0.3) is 0 Å². The van der Waals surface area contributed by atoms with E-state index in [0.717, 1.165) is 11.1 Å². The molecule has 1 aliphatic rings. The number of carbonyl (C=O) groups excluding carboxylic acids is 2. The van der Waals surface area contributed by atoms with E-state index in [1.165, 1.54) is 0 Å². The van der Waals surface area contributed by atoms with E-state index in [4.69, 9.17) is 14.2 Å². The van der Waals surface area contributed by atoms with E-state index in [9.17, 15) is 9.59 Å². The zero-order chi connectivity index (χ0) is 22.3. The molecule has 1 heterocycles. The SMILES string of the molecule is CCOC(=O)COc1cccc(/C=C2\N=C(c3ccc(-c4ccccc4)cc3)OC2=O)c1. The molecule has 0 saturated heterocycles. The second-order valence-electron chi connectivity index (χ2n) is 6.95. The quantitative estimate of drug-likeness (QED) is 0.406. The summed E-state index contributed by atoms with van der Waals surface area (Å²) in [4.78, 5) is 28.1. The first-order valence-electron chi connectivity index (χ1n) is 10.2. The van der Waals surface area contributed by atoms with Gasteiger partial charge in [0.2, 0.25) is 5.90 Å². The number of hydrogen-bond acceptors (Lipinski definition) is 6. The van der Waals surface area contributed by atoms with E-state index in [0.29, 0.717) is 23.5 Å². The lowest BCUT2D eigenvalue weighted by molar-refractivity contribution is -0.145. The third-order valence-electron chi connectivity index (χ3n) is 4.68. The molecule has 0 saturated carbocycles. The van der Waals surface area contributed by atoms with Gasteiger partial charge in [-0.25, -0.2) is 14.6 Å². The number of rotatable bonds is 7. The minimum Gasteiger partial charge on any atom is -0.482 e. The topological polar surface area (TPSA) is 74.2 Å². The molecule has 0 N–H and O–H groups in total. The van der Waals surface area contributed by atoms with E-state index >= 15 is 0 Å². The lowest BCUT2D eigenvalue weighted by Gasteiger charge is -2.06. The van der Waals surface area contributed by atoms with Gasteiger partial charge in [-0.15, -0.1) is 0 Å². The predicted octanol–water partition coefficient (Wildman–Crippen LogP) is 4.64. The Morgan fingerprint density at radius 2 is 1.66 bits per heavy atom. The summed E-state index contributed by atoms with van der Waals surface area (Å²) in [6.07, 6.45) is 1.62. The minimum absolute atomic E-state index is 0.183. The number of esters is 2. The number of aliphatic imine (C=N–C) groups is 1. The molecular weight excluding hydrogens is 406 g/mol. The molecule has 160 valence electrons.